The second-order valence-corrected chi connectivity index (χ2v) is 6.91. The van der Waals surface area contributed by atoms with Crippen LogP contribution in [0.5, 0.6) is 5.88 Å². The van der Waals surface area contributed by atoms with Crippen molar-refractivity contribution in [1.29, 1.82) is 0 Å². The summed E-state index contributed by atoms with van der Waals surface area (Å²) in [4.78, 5) is 8.81. The van der Waals surface area contributed by atoms with E-state index in [1.165, 1.54) is 11.8 Å². The number of thioether (sulfide) groups is 1. The number of hydrogen-bond donors (Lipinski definition) is 0. The third-order valence-electron chi connectivity index (χ3n) is 3.34. The first-order valence-corrected chi connectivity index (χ1v) is 9.46. The molecule has 0 unspecified atom stereocenters. The summed E-state index contributed by atoms with van der Waals surface area (Å²) in [5.74, 6) is 0.438. The molecule has 2 heterocycles. The summed E-state index contributed by atoms with van der Waals surface area (Å²) in [5.41, 5.74) is 2.45. The van der Waals surface area contributed by atoms with Gasteiger partial charge in [0.05, 0.1) is 16.4 Å². The molecule has 0 aliphatic rings. The lowest BCUT2D eigenvalue weighted by Gasteiger charge is -2.13. The lowest BCUT2D eigenvalue weighted by atomic mass is 10.2. The van der Waals surface area contributed by atoms with Crippen LogP contribution >= 0.6 is 39.3 Å². The van der Waals surface area contributed by atoms with Gasteiger partial charge >= 0.3 is 0 Å². The molecule has 0 atom stereocenters. The largest absolute Gasteiger partial charge is 0.472 e. The lowest BCUT2D eigenvalue weighted by Crippen LogP contribution is -2.04. The third-order valence-corrected chi connectivity index (χ3v) is 4.74. The molecule has 0 bridgehead atoms. The molecular weight excluding hydrogens is 412 g/mol. The average Bonchev–Trinajstić information content (AvgIpc) is 2.92. The van der Waals surface area contributed by atoms with Gasteiger partial charge in [-0.15, -0.1) is 0 Å². The van der Waals surface area contributed by atoms with Crippen molar-refractivity contribution in [1.82, 2.24) is 19.7 Å². The van der Waals surface area contributed by atoms with Gasteiger partial charge in [0.1, 0.15) is 17.3 Å². The summed E-state index contributed by atoms with van der Waals surface area (Å²) < 4.78 is 8.48. The van der Waals surface area contributed by atoms with Crippen molar-refractivity contribution in [3.63, 3.8) is 0 Å². The fraction of sp³-hybridized carbons (Fsp3) is 0.188. The number of aryl methyl sites for hydroxylation is 1. The number of nitrogens with zero attached hydrogens (tertiary/aromatic N) is 4. The molecule has 0 spiro atoms. The number of rotatable bonds is 5. The molecule has 0 N–H and O–H groups in total. The quantitative estimate of drug-likeness (QED) is 0.340. The highest BCUT2D eigenvalue weighted by molar-refractivity contribution is 9.10. The summed E-state index contributed by atoms with van der Waals surface area (Å²) in [5, 5.41) is 5.13. The molecule has 8 heteroatoms. The molecule has 124 valence electrons. The van der Waals surface area contributed by atoms with Gasteiger partial charge in [0.2, 0.25) is 5.88 Å². The van der Waals surface area contributed by atoms with E-state index >= 15 is 0 Å². The molecule has 5 nitrogen and oxygen atoms in total. The second-order valence-electron chi connectivity index (χ2n) is 4.92. The van der Waals surface area contributed by atoms with Gasteiger partial charge in [0, 0.05) is 7.05 Å². The highest BCUT2D eigenvalue weighted by Gasteiger charge is 2.22. The number of halogens is 2. The normalized spacial score (nSPS) is 10.8. The van der Waals surface area contributed by atoms with E-state index in [1.807, 2.05) is 43.6 Å². The minimum atomic E-state index is 0.335. The summed E-state index contributed by atoms with van der Waals surface area (Å²) in [6.45, 7) is 0.393. The van der Waals surface area contributed by atoms with E-state index in [1.54, 1.807) is 10.9 Å². The molecule has 2 aromatic heterocycles. The van der Waals surface area contributed by atoms with Gasteiger partial charge in [-0.3, -0.25) is 4.68 Å². The molecule has 0 saturated carbocycles. The molecule has 3 rings (SSSR count). The highest BCUT2D eigenvalue weighted by Crippen LogP contribution is 2.39. The number of ether oxygens (including phenoxy) is 1. The van der Waals surface area contributed by atoms with Crippen molar-refractivity contribution < 1.29 is 4.74 Å². The zero-order valence-electron chi connectivity index (χ0n) is 13.0. The fourth-order valence-electron chi connectivity index (χ4n) is 2.21. The van der Waals surface area contributed by atoms with Crippen LogP contribution in [0.3, 0.4) is 0 Å². The van der Waals surface area contributed by atoms with E-state index in [0.29, 0.717) is 28.4 Å². The average molecular weight is 426 g/mol. The maximum absolute atomic E-state index is 6.42. The van der Waals surface area contributed by atoms with Gasteiger partial charge in [-0.2, -0.15) is 10.1 Å². The van der Waals surface area contributed by atoms with Gasteiger partial charge in [-0.25, -0.2) is 4.98 Å². The van der Waals surface area contributed by atoms with Gasteiger partial charge in [0.15, 0.2) is 5.16 Å². The van der Waals surface area contributed by atoms with E-state index in [9.17, 15) is 0 Å². The Labute approximate surface area is 157 Å². The number of aromatic nitrogens is 4. The summed E-state index contributed by atoms with van der Waals surface area (Å²) in [6, 6.07) is 9.90. The first-order valence-electron chi connectivity index (χ1n) is 7.06. The molecular formula is C16H14BrClN4OS. The molecule has 3 aromatic rings. The Hall–Kier alpha value is -1.57. The SMILES string of the molecule is CSc1nc(Cl)c(-c2c(Br)cnn2C)c(OCc2ccccc2)n1. The monoisotopic (exact) mass is 424 g/mol. The Balaban J connectivity index is 2.04. The highest BCUT2D eigenvalue weighted by atomic mass is 79.9. The van der Waals surface area contributed by atoms with Crippen molar-refractivity contribution in [2.75, 3.05) is 6.26 Å². The lowest BCUT2D eigenvalue weighted by molar-refractivity contribution is 0.292. The molecule has 24 heavy (non-hydrogen) atoms. The van der Waals surface area contributed by atoms with Crippen molar-refractivity contribution in [2.24, 2.45) is 7.05 Å². The molecule has 0 amide bonds. The van der Waals surface area contributed by atoms with Crippen molar-refractivity contribution in [3.8, 4) is 17.1 Å². The first-order chi connectivity index (χ1) is 11.6. The van der Waals surface area contributed by atoms with E-state index in [2.05, 4.69) is 31.0 Å². The predicted octanol–water partition coefficient (Wildman–Crippen LogP) is 4.59. The van der Waals surface area contributed by atoms with Crippen LogP contribution in [0, 0.1) is 0 Å². The molecule has 0 aliphatic heterocycles. The Morgan fingerprint density at radius 2 is 2.00 bits per heavy atom. The Kier molecular flexibility index (Phi) is 5.43. The Morgan fingerprint density at radius 1 is 1.25 bits per heavy atom. The van der Waals surface area contributed by atoms with Crippen LogP contribution in [0.1, 0.15) is 5.56 Å². The minimum absolute atomic E-state index is 0.335. The van der Waals surface area contributed by atoms with Crippen molar-refractivity contribution >= 4 is 39.3 Å². The van der Waals surface area contributed by atoms with Crippen LogP contribution in [0.15, 0.2) is 46.2 Å². The zero-order chi connectivity index (χ0) is 17.1. The molecule has 0 radical (unpaired) electrons. The molecule has 0 fully saturated rings. The summed E-state index contributed by atoms with van der Waals surface area (Å²) >= 11 is 11.3. The van der Waals surface area contributed by atoms with Crippen molar-refractivity contribution in [2.45, 2.75) is 11.8 Å². The standard InChI is InChI=1S/C16H14BrClN4OS/c1-22-13(11(17)8-19-22)12-14(18)20-16(24-2)21-15(12)23-9-10-6-4-3-5-7-10/h3-8H,9H2,1-2H3. The fourth-order valence-corrected chi connectivity index (χ4v) is 3.41. The Bertz CT molecular complexity index is 837. The van der Waals surface area contributed by atoms with Crippen LogP contribution in [0.2, 0.25) is 5.15 Å². The molecule has 1 aromatic carbocycles. The van der Waals surface area contributed by atoms with Crippen LogP contribution in [0.25, 0.3) is 11.3 Å². The number of hydrogen-bond acceptors (Lipinski definition) is 5. The van der Waals surface area contributed by atoms with E-state index < -0.39 is 0 Å². The van der Waals surface area contributed by atoms with Gasteiger partial charge < -0.3 is 4.74 Å². The summed E-state index contributed by atoms with van der Waals surface area (Å²) in [7, 11) is 1.83. The van der Waals surface area contributed by atoms with E-state index in [0.717, 1.165) is 15.7 Å². The second kappa shape index (κ2) is 7.55. The van der Waals surface area contributed by atoms with Crippen LogP contribution in [-0.2, 0) is 13.7 Å². The van der Waals surface area contributed by atoms with Crippen LogP contribution < -0.4 is 4.74 Å². The zero-order valence-corrected chi connectivity index (χ0v) is 16.2. The van der Waals surface area contributed by atoms with Crippen molar-refractivity contribution in [3.05, 3.63) is 51.7 Å². The number of benzene rings is 1. The topological polar surface area (TPSA) is 52.8 Å². The van der Waals surface area contributed by atoms with Gasteiger partial charge in [-0.1, -0.05) is 53.7 Å². The minimum Gasteiger partial charge on any atom is -0.472 e. The maximum atomic E-state index is 6.42. The Morgan fingerprint density at radius 3 is 2.62 bits per heavy atom. The van der Waals surface area contributed by atoms with Gasteiger partial charge in [0.25, 0.3) is 0 Å². The van der Waals surface area contributed by atoms with Crippen LogP contribution in [-0.4, -0.2) is 26.0 Å². The summed E-state index contributed by atoms with van der Waals surface area (Å²) in [6.07, 6.45) is 3.60. The van der Waals surface area contributed by atoms with E-state index in [-0.39, 0.29) is 0 Å². The molecule has 0 aliphatic carbocycles. The molecule has 0 saturated heterocycles. The van der Waals surface area contributed by atoms with Crippen LogP contribution in [0.4, 0.5) is 0 Å². The van der Waals surface area contributed by atoms with E-state index in [4.69, 9.17) is 16.3 Å². The predicted molar refractivity (Wildman–Crippen MR) is 99.5 cm³/mol. The van der Waals surface area contributed by atoms with Gasteiger partial charge in [-0.05, 0) is 27.7 Å². The third kappa shape index (κ3) is 3.58. The first kappa shape index (κ1) is 17.3. The smallest absolute Gasteiger partial charge is 0.229 e. The maximum Gasteiger partial charge on any atom is 0.229 e.